The van der Waals surface area contributed by atoms with Gasteiger partial charge in [-0.3, -0.25) is 0 Å². The average molecular weight is 207 g/mol. The zero-order valence-electron chi connectivity index (χ0n) is 11.1. The van der Waals surface area contributed by atoms with Gasteiger partial charge in [0.2, 0.25) is 0 Å². The minimum Gasteiger partial charge on any atom is -0.346 e. The van der Waals surface area contributed by atoms with Crippen molar-refractivity contribution in [2.45, 2.75) is 66.3 Å². The SMILES string of the molecule is CCCc1c(CC)cn(C(C)(C)C)c1C. The molecule has 0 aliphatic rings. The second kappa shape index (κ2) is 4.42. The maximum Gasteiger partial charge on any atom is 0.0358 e. The summed E-state index contributed by atoms with van der Waals surface area (Å²) in [4.78, 5) is 0. The summed E-state index contributed by atoms with van der Waals surface area (Å²) in [7, 11) is 0. The van der Waals surface area contributed by atoms with E-state index in [2.05, 4.69) is 52.3 Å². The molecular formula is C14H25N. The molecule has 0 saturated heterocycles. The van der Waals surface area contributed by atoms with E-state index >= 15 is 0 Å². The van der Waals surface area contributed by atoms with Crippen molar-refractivity contribution in [3.8, 4) is 0 Å². The van der Waals surface area contributed by atoms with Gasteiger partial charge < -0.3 is 4.57 Å². The summed E-state index contributed by atoms with van der Waals surface area (Å²) in [5, 5.41) is 0. The zero-order chi connectivity index (χ0) is 11.6. The summed E-state index contributed by atoms with van der Waals surface area (Å²) in [6, 6.07) is 0. The number of hydrogen-bond donors (Lipinski definition) is 0. The second-order valence-corrected chi connectivity index (χ2v) is 5.36. The molecule has 0 saturated carbocycles. The van der Waals surface area contributed by atoms with Crippen molar-refractivity contribution in [1.82, 2.24) is 4.57 Å². The molecule has 0 spiro atoms. The Balaban J connectivity index is 3.22. The third kappa shape index (κ3) is 2.45. The van der Waals surface area contributed by atoms with Crippen LogP contribution in [0.5, 0.6) is 0 Å². The van der Waals surface area contributed by atoms with Crippen LogP contribution in [0.25, 0.3) is 0 Å². The van der Waals surface area contributed by atoms with Crippen LogP contribution in [0.3, 0.4) is 0 Å². The van der Waals surface area contributed by atoms with Gasteiger partial charge in [0.15, 0.2) is 0 Å². The van der Waals surface area contributed by atoms with E-state index in [-0.39, 0.29) is 5.54 Å². The molecule has 0 fully saturated rings. The van der Waals surface area contributed by atoms with E-state index in [9.17, 15) is 0 Å². The van der Waals surface area contributed by atoms with Gasteiger partial charge in [-0.25, -0.2) is 0 Å². The Morgan fingerprint density at radius 2 is 1.80 bits per heavy atom. The summed E-state index contributed by atoms with van der Waals surface area (Å²) in [5.41, 5.74) is 4.78. The first-order valence-electron chi connectivity index (χ1n) is 6.12. The fourth-order valence-corrected chi connectivity index (χ4v) is 2.30. The topological polar surface area (TPSA) is 4.93 Å². The molecule has 1 aromatic heterocycles. The van der Waals surface area contributed by atoms with Crippen molar-refractivity contribution >= 4 is 0 Å². The molecule has 0 radical (unpaired) electrons. The fraction of sp³-hybridized carbons (Fsp3) is 0.714. The Kier molecular flexibility index (Phi) is 3.64. The molecule has 1 heteroatoms. The molecule has 0 atom stereocenters. The minimum atomic E-state index is 0.208. The van der Waals surface area contributed by atoms with E-state index in [1.165, 1.54) is 24.1 Å². The van der Waals surface area contributed by atoms with E-state index in [0.717, 1.165) is 6.42 Å². The highest BCUT2D eigenvalue weighted by molar-refractivity contribution is 5.32. The van der Waals surface area contributed by atoms with E-state index < -0.39 is 0 Å². The third-order valence-electron chi connectivity index (χ3n) is 3.07. The van der Waals surface area contributed by atoms with Gasteiger partial charge in [-0.2, -0.15) is 0 Å². The first kappa shape index (κ1) is 12.4. The molecule has 0 aliphatic carbocycles. The van der Waals surface area contributed by atoms with Gasteiger partial charge in [0.25, 0.3) is 0 Å². The summed E-state index contributed by atoms with van der Waals surface area (Å²) in [5.74, 6) is 0. The number of aromatic nitrogens is 1. The molecule has 0 unspecified atom stereocenters. The molecule has 0 amide bonds. The van der Waals surface area contributed by atoms with Gasteiger partial charge in [0.1, 0.15) is 0 Å². The summed E-state index contributed by atoms with van der Waals surface area (Å²) < 4.78 is 2.43. The Morgan fingerprint density at radius 3 is 2.20 bits per heavy atom. The summed E-state index contributed by atoms with van der Waals surface area (Å²) >= 11 is 0. The Labute approximate surface area is 94.5 Å². The molecule has 1 nitrogen and oxygen atoms in total. The monoisotopic (exact) mass is 207 g/mol. The lowest BCUT2D eigenvalue weighted by Crippen LogP contribution is -2.22. The number of nitrogens with zero attached hydrogens (tertiary/aromatic N) is 1. The quantitative estimate of drug-likeness (QED) is 0.704. The Morgan fingerprint density at radius 1 is 1.20 bits per heavy atom. The molecule has 0 aromatic carbocycles. The Bertz CT molecular complexity index is 326. The van der Waals surface area contributed by atoms with Crippen LogP contribution in [0.1, 0.15) is 57.9 Å². The van der Waals surface area contributed by atoms with E-state index in [4.69, 9.17) is 0 Å². The molecular weight excluding hydrogens is 182 g/mol. The molecule has 0 bridgehead atoms. The highest BCUT2D eigenvalue weighted by Crippen LogP contribution is 2.25. The fourth-order valence-electron chi connectivity index (χ4n) is 2.30. The van der Waals surface area contributed by atoms with E-state index in [1.54, 1.807) is 5.56 Å². The van der Waals surface area contributed by atoms with Gasteiger partial charge in [0, 0.05) is 17.4 Å². The van der Waals surface area contributed by atoms with Crippen molar-refractivity contribution in [3.05, 3.63) is 23.0 Å². The predicted octanol–water partition coefficient (Wildman–Crippen LogP) is 4.07. The van der Waals surface area contributed by atoms with Gasteiger partial charge in [0.05, 0.1) is 0 Å². The van der Waals surface area contributed by atoms with Crippen molar-refractivity contribution in [2.75, 3.05) is 0 Å². The first-order chi connectivity index (χ1) is 6.91. The van der Waals surface area contributed by atoms with Gasteiger partial charge in [-0.05, 0) is 51.7 Å². The molecule has 86 valence electrons. The van der Waals surface area contributed by atoms with Crippen LogP contribution in [-0.4, -0.2) is 4.57 Å². The maximum absolute atomic E-state index is 2.43. The van der Waals surface area contributed by atoms with Crippen LogP contribution in [0.4, 0.5) is 0 Å². The van der Waals surface area contributed by atoms with Crippen molar-refractivity contribution in [2.24, 2.45) is 0 Å². The summed E-state index contributed by atoms with van der Waals surface area (Å²) in [6.45, 7) is 13.6. The maximum atomic E-state index is 2.43. The first-order valence-corrected chi connectivity index (χ1v) is 6.12. The highest BCUT2D eigenvalue weighted by atomic mass is 15.0. The Hall–Kier alpha value is -0.720. The van der Waals surface area contributed by atoms with Crippen LogP contribution in [-0.2, 0) is 18.4 Å². The molecule has 1 rings (SSSR count). The van der Waals surface area contributed by atoms with Crippen LogP contribution < -0.4 is 0 Å². The average Bonchev–Trinajstić information content (AvgIpc) is 2.44. The van der Waals surface area contributed by atoms with Crippen LogP contribution in [0.15, 0.2) is 6.20 Å². The predicted molar refractivity (Wildman–Crippen MR) is 67.5 cm³/mol. The molecule has 0 aliphatic heterocycles. The minimum absolute atomic E-state index is 0.208. The second-order valence-electron chi connectivity index (χ2n) is 5.36. The normalized spacial score (nSPS) is 12.1. The lowest BCUT2D eigenvalue weighted by Gasteiger charge is -2.23. The van der Waals surface area contributed by atoms with Gasteiger partial charge in [-0.1, -0.05) is 20.3 Å². The van der Waals surface area contributed by atoms with Crippen LogP contribution >= 0.6 is 0 Å². The van der Waals surface area contributed by atoms with Crippen molar-refractivity contribution < 1.29 is 0 Å². The summed E-state index contributed by atoms with van der Waals surface area (Å²) in [6.07, 6.45) is 5.96. The standard InChI is InChI=1S/C14H25N/c1-7-9-13-11(3)15(14(4,5)6)10-12(13)8-2/h10H,7-9H2,1-6H3. The number of hydrogen-bond acceptors (Lipinski definition) is 0. The molecule has 0 N–H and O–H groups in total. The highest BCUT2D eigenvalue weighted by Gasteiger charge is 2.18. The van der Waals surface area contributed by atoms with E-state index in [0.29, 0.717) is 0 Å². The smallest absolute Gasteiger partial charge is 0.0358 e. The van der Waals surface area contributed by atoms with Crippen molar-refractivity contribution in [3.63, 3.8) is 0 Å². The van der Waals surface area contributed by atoms with Gasteiger partial charge >= 0.3 is 0 Å². The van der Waals surface area contributed by atoms with Gasteiger partial charge in [-0.15, -0.1) is 0 Å². The van der Waals surface area contributed by atoms with E-state index in [1.807, 2.05) is 0 Å². The lowest BCUT2D eigenvalue weighted by molar-refractivity contribution is 0.389. The molecule has 1 heterocycles. The van der Waals surface area contributed by atoms with Crippen LogP contribution in [0.2, 0.25) is 0 Å². The number of aryl methyl sites for hydroxylation is 1. The molecule has 1 aromatic rings. The lowest BCUT2D eigenvalue weighted by atomic mass is 10.0. The largest absolute Gasteiger partial charge is 0.346 e. The molecule has 15 heavy (non-hydrogen) atoms. The number of rotatable bonds is 3. The van der Waals surface area contributed by atoms with Crippen LogP contribution in [0, 0.1) is 6.92 Å². The van der Waals surface area contributed by atoms with Crippen molar-refractivity contribution in [1.29, 1.82) is 0 Å². The third-order valence-corrected chi connectivity index (χ3v) is 3.07. The zero-order valence-corrected chi connectivity index (χ0v) is 11.1.